The lowest BCUT2D eigenvalue weighted by molar-refractivity contribution is -0.116. The van der Waals surface area contributed by atoms with E-state index < -0.39 is 11.8 Å². The van der Waals surface area contributed by atoms with Crippen molar-refractivity contribution in [2.24, 2.45) is 17.8 Å². The number of rotatable bonds is 11. The maximum absolute atomic E-state index is 12.3. The molecule has 6 heteroatoms. The molecule has 0 aromatic heterocycles. The number of carbonyl (C=O) groups is 2. The average Bonchev–Trinajstić information content (AvgIpc) is 3.08. The van der Waals surface area contributed by atoms with Crippen molar-refractivity contribution >= 4 is 12.0 Å². The lowest BCUT2D eigenvalue weighted by Gasteiger charge is -2.34. The van der Waals surface area contributed by atoms with Crippen LogP contribution in [0, 0.1) is 17.8 Å². The van der Waals surface area contributed by atoms with E-state index in [2.05, 4.69) is 31.3 Å². The number of ether oxygens (including phenoxy) is 1. The zero-order chi connectivity index (χ0) is 26.1. The van der Waals surface area contributed by atoms with Gasteiger partial charge in [0.15, 0.2) is 0 Å². The highest BCUT2D eigenvalue weighted by atomic mass is 16.6. The largest absolute Gasteiger partial charge is 0.465 e. The van der Waals surface area contributed by atoms with Crippen LogP contribution in [0.25, 0.3) is 0 Å². The molecule has 1 saturated heterocycles. The Labute approximate surface area is 217 Å². The van der Waals surface area contributed by atoms with Gasteiger partial charge in [0.2, 0.25) is 5.91 Å². The molecule has 1 aromatic rings. The van der Waals surface area contributed by atoms with E-state index >= 15 is 0 Å². The number of allylic oxidation sites excluding steroid dienone is 1. The molecule has 0 spiro atoms. The van der Waals surface area contributed by atoms with Crippen molar-refractivity contribution in [2.45, 2.75) is 103 Å². The van der Waals surface area contributed by atoms with Crippen LogP contribution in [0.15, 0.2) is 42.5 Å². The molecule has 2 amide bonds. The molecule has 1 heterocycles. The average molecular weight is 499 g/mol. The molecule has 1 aromatic carbocycles. The molecule has 2 aliphatic rings. The molecule has 2 N–H and O–H groups in total. The normalized spacial score (nSPS) is 23.3. The Bertz CT molecular complexity index is 861. The van der Waals surface area contributed by atoms with E-state index in [4.69, 9.17) is 4.74 Å². The van der Waals surface area contributed by atoms with Crippen molar-refractivity contribution in [3.05, 3.63) is 48.0 Å². The van der Waals surface area contributed by atoms with Crippen molar-refractivity contribution in [1.29, 1.82) is 0 Å². The summed E-state index contributed by atoms with van der Waals surface area (Å²) < 4.78 is 6.42. The molecule has 3 rings (SSSR count). The molecule has 0 radical (unpaired) electrons. The van der Waals surface area contributed by atoms with Crippen LogP contribution in [0.5, 0.6) is 0 Å². The summed E-state index contributed by atoms with van der Waals surface area (Å²) in [7, 11) is 0. The first kappa shape index (κ1) is 28.2. The van der Waals surface area contributed by atoms with Crippen LogP contribution in [-0.2, 0) is 16.0 Å². The first-order valence-corrected chi connectivity index (χ1v) is 13.9. The van der Waals surface area contributed by atoms with Crippen LogP contribution in [0.2, 0.25) is 0 Å². The number of hydrogen-bond donors (Lipinski definition) is 2. The van der Waals surface area contributed by atoms with Gasteiger partial charge in [-0.3, -0.25) is 9.69 Å². The lowest BCUT2D eigenvalue weighted by atomic mass is 9.80. The van der Waals surface area contributed by atoms with E-state index in [0.29, 0.717) is 24.3 Å². The number of nitrogens with zero attached hydrogens (tertiary/aromatic N) is 1. The molecule has 1 aliphatic heterocycles. The Kier molecular flexibility index (Phi) is 10.4. The molecule has 36 heavy (non-hydrogen) atoms. The van der Waals surface area contributed by atoms with Crippen molar-refractivity contribution < 1.29 is 19.4 Å². The van der Waals surface area contributed by atoms with Gasteiger partial charge in [0, 0.05) is 6.54 Å². The Morgan fingerprint density at radius 3 is 2.50 bits per heavy atom. The minimum atomic E-state index is -0.892. The third-order valence-electron chi connectivity index (χ3n) is 8.03. The molecule has 3 atom stereocenters. The summed E-state index contributed by atoms with van der Waals surface area (Å²) in [6.07, 6.45) is 12.0. The van der Waals surface area contributed by atoms with E-state index in [1.165, 1.54) is 37.7 Å². The minimum Gasteiger partial charge on any atom is -0.465 e. The highest BCUT2D eigenvalue weighted by Gasteiger charge is 2.50. The SMILES string of the molecule is CC(C)C(CC=CC(=O)NCCc1ccccc1)C[C@@H]1OC(C)(C)N(C(=O)O)[C@H]1CC1CCCCC1. The molecule has 6 nitrogen and oxygen atoms in total. The zero-order valence-corrected chi connectivity index (χ0v) is 22.6. The molecule has 1 unspecified atom stereocenters. The van der Waals surface area contributed by atoms with Crippen LogP contribution in [0.3, 0.4) is 0 Å². The molecular weight excluding hydrogens is 452 g/mol. The van der Waals surface area contributed by atoms with Crippen molar-refractivity contribution in [3.63, 3.8) is 0 Å². The van der Waals surface area contributed by atoms with Gasteiger partial charge in [-0.1, -0.05) is 82.4 Å². The van der Waals surface area contributed by atoms with Gasteiger partial charge in [0.05, 0.1) is 12.1 Å². The fourth-order valence-electron chi connectivity index (χ4n) is 5.99. The van der Waals surface area contributed by atoms with Crippen molar-refractivity contribution in [2.75, 3.05) is 6.54 Å². The molecule has 0 bridgehead atoms. The Morgan fingerprint density at radius 1 is 1.17 bits per heavy atom. The second kappa shape index (κ2) is 13.3. The molecule has 200 valence electrons. The number of amides is 2. The summed E-state index contributed by atoms with van der Waals surface area (Å²) in [6.45, 7) is 8.76. The summed E-state index contributed by atoms with van der Waals surface area (Å²) in [6, 6.07) is 10.0. The van der Waals surface area contributed by atoms with Crippen LogP contribution in [0.1, 0.15) is 84.6 Å². The van der Waals surface area contributed by atoms with Gasteiger partial charge in [-0.15, -0.1) is 0 Å². The van der Waals surface area contributed by atoms with Gasteiger partial charge < -0.3 is 15.2 Å². The Hall–Kier alpha value is -2.34. The standard InChI is InChI=1S/C30H46N2O4/c1-22(2)25(16-11-17-28(33)31-19-18-23-12-7-5-8-13-23)21-27-26(20-24-14-9-6-10-15-24)32(29(34)35)30(3,4)36-27/h5,7-8,11-13,17,22,24-27H,6,9-10,14-16,18-21H2,1-4H3,(H,31,33)(H,34,35)/t25?,26-,27-/m0/s1. The monoisotopic (exact) mass is 498 g/mol. The lowest BCUT2D eigenvalue weighted by Crippen LogP contribution is -2.48. The number of carboxylic acid groups (broad SMARTS) is 1. The van der Waals surface area contributed by atoms with Crippen LogP contribution in [-0.4, -0.2) is 46.4 Å². The summed E-state index contributed by atoms with van der Waals surface area (Å²) in [5.74, 6) is 1.21. The predicted molar refractivity (Wildman–Crippen MR) is 144 cm³/mol. The quantitative estimate of drug-likeness (QED) is 0.346. The van der Waals surface area contributed by atoms with Crippen molar-refractivity contribution in [3.8, 4) is 0 Å². The minimum absolute atomic E-state index is 0.0704. The van der Waals surface area contributed by atoms with Crippen LogP contribution < -0.4 is 5.32 Å². The molecule has 2 fully saturated rings. The van der Waals surface area contributed by atoms with Crippen LogP contribution >= 0.6 is 0 Å². The topological polar surface area (TPSA) is 78.9 Å². The Balaban J connectivity index is 1.58. The van der Waals surface area contributed by atoms with Gasteiger partial charge >= 0.3 is 6.09 Å². The number of nitrogens with one attached hydrogen (secondary N) is 1. The highest BCUT2D eigenvalue weighted by molar-refractivity contribution is 5.87. The van der Waals surface area contributed by atoms with Crippen LogP contribution in [0.4, 0.5) is 4.79 Å². The van der Waals surface area contributed by atoms with E-state index in [9.17, 15) is 14.7 Å². The number of benzene rings is 1. The summed E-state index contributed by atoms with van der Waals surface area (Å²) in [5, 5.41) is 13.0. The fourth-order valence-corrected chi connectivity index (χ4v) is 5.99. The number of hydrogen-bond acceptors (Lipinski definition) is 3. The van der Waals surface area contributed by atoms with E-state index in [1.54, 1.807) is 11.0 Å². The van der Waals surface area contributed by atoms with Gasteiger partial charge in [-0.05, 0) is 68.9 Å². The molecular formula is C30H46N2O4. The zero-order valence-electron chi connectivity index (χ0n) is 22.6. The van der Waals surface area contributed by atoms with E-state index in [0.717, 1.165) is 25.7 Å². The van der Waals surface area contributed by atoms with Gasteiger partial charge in [0.25, 0.3) is 0 Å². The number of carbonyl (C=O) groups excluding carboxylic acids is 1. The maximum atomic E-state index is 12.3. The molecule has 1 saturated carbocycles. The second-order valence-corrected chi connectivity index (χ2v) is 11.5. The van der Waals surface area contributed by atoms with E-state index in [-0.39, 0.29) is 18.1 Å². The summed E-state index contributed by atoms with van der Waals surface area (Å²) >= 11 is 0. The van der Waals surface area contributed by atoms with Gasteiger partial charge in [-0.2, -0.15) is 0 Å². The smallest absolute Gasteiger partial charge is 0.409 e. The van der Waals surface area contributed by atoms with Gasteiger partial charge in [0.1, 0.15) is 5.72 Å². The Morgan fingerprint density at radius 2 is 1.86 bits per heavy atom. The highest BCUT2D eigenvalue weighted by Crippen LogP contribution is 2.41. The van der Waals surface area contributed by atoms with Crippen molar-refractivity contribution in [1.82, 2.24) is 10.2 Å². The second-order valence-electron chi connectivity index (χ2n) is 11.5. The molecule has 1 aliphatic carbocycles. The maximum Gasteiger partial charge on any atom is 0.409 e. The third-order valence-corrected chi connectivity index (χ3v) is 8.03. The first-order valence-electron chi connectivity index (χ1n) is 13.9. The third kappa shape index (κ3) is 8.09. The summed E-state index contributed by atoms with van der Waals surface area (Å²) in [4.78, 5) is 26.1. The summed E-state index contributed by atoms with van der Waals surface area (Å²) in [5.41, 5.74) is 0.380. The first-order chi connectivity index (χ1) is 17.2. The fraction of sp³-hybridized carbons (Fsp3) is 0.667. The van der Waals surface area contributed by atoms with E-state index in [1.807, 2.05) is 38.1 Å². The predicted octanol–water partition coefficient (Wildman–Crippen LogP) is 6.41. The van der Waals surface area contributed by atoms with Gasteiger partial charge in [-0.25, -0.2) is 4.79 Å².